The number of aliphatic hydroxyl groups excluding tert-OH is 3. The van der Waals surface area contributed by atoms with Crippen molar-refractivity contribution >= 4 is 17.1 Å². The fourth-order valence-electron chi connectivity index (χ4n) is 2.24. The van der Waals surface area contributed by atoms with Gasteiger partial charge >= 0.3 is 0 Å². The van der Waals surface area contributed by atoms with Crippen molar-refractivity contribution < 1.29 is 20.1 Å². The van der Waals surface area contributed by atoms with E-state index in [-0.39, 0.29) is 17.1 Å². The van der Waals surface area contributed by atoms with E-state index in [2.05, 4.69) is 15.0 Å². The van der Waals surface area contributed by atoms with E-state index in [0.29, 0.717) is 0 Å². The second-order valence-electron chi connectivity index (χ2n) is 4.50. The molecule has 0 spiro atoms. The van der Waals surface area contributed by atoms with Crippen molar-refractivity contribution in [1.29, 1.82) is 0 Å². The lowest BCUT2D eigenvalue weighted by atomic mass is 10.1. The van der Waals surface area contributed by atoms with Crippen LogP contribution in [0.3, 0.4) is 0 Å². The van der Waals surface area contributed by atoms with Gasteiger partial charge in [-0.25, -0.2) is 4.98 Å². The molecular weight excluding hydrogens is 273 g/mol. The largest absolute Gasteiger partial charge is 0.394 e. The first-order chi connectivity index (χ1) is 9.52. The van der Waals surface area contributed by atoms with Crippen LogP contribution in [0.25, 0.3) is 11.2 Å². The molecule has 0 aliphatic carbocycles. The van der Waals surface area contributed by atoms with Gasteiger partial charge < -0.3 is 25.8 Å². The molecule has 2 aromatic rings. The number of anilines is 1. The molecule has 3 rings (SSSR count). The molecule has 0 bridgehead atoms. The summed E-state index contributed by atoms with van der Waals surface area (Å²) < 4.78 is 6.64. The van der Waals surface area contributed by atoms with E-state index >= 15 is 0 Å². The molecule has 4 atom stereocenters. The summed E-state index contributed by atoms with van der Waals surface area (Å²) in [5.74, 6) is -0.101. The Balaban J connectivity index is 2.09. The first-order valence-corrected chi connectivity index (χ1v) is 5.87. The van der Waals surface area contributed by atoms with Gasteiger partial charge in [-0.2, -0.15) is 4.98 Å². The van der Waals surface area contributed by atoms with Gasteiger partial charge in [0.1, 0.15) is 18.3 Å². The van der Waals surface area contributed by atoms with E-state index in [4.69, 9.17) is 15.6 Å². The molecule has 3 heterocycles. The smallest absolute Gasteiger partial charge is 0.280 e. The molecular formula is C10H13N5O5. The molecule has 1 aliphatic heterocycles. The summed E-state index contributed by atoms with van der Waals surface area (Å²) in [6.45, 7) is -0.447. The third-order valence-electron chi connectivity index (χ3n) is 3.24. The van der Waals surface area contributed by atoms with E-state index in [0.717, 1.165) is 0 Å². The lowest BCUT2D eigenvalue weighted by Gasteiger charge is -2.16. The lowest BCUT2D eigenvalue weighted by Crippen LogP contribution is -2.33. The fourth-order valence-corrected chi connectivity index (χ4v) is 2.24. The highest BCUT2D eigenvalue weighted by Crippen LogP contribution is 2.30. The molecule has 10 nitrogen and oxygen atoms in total. The minimum atomic E-state index is -1.29. The quantitative estimate of drug-likeness (QED) is 0.373. The molecule has 108 valence electrons. The van der Waals surface area contributed by atoms with Crippen molar-refractivity contribution in [3.8, 4) is 0 Å². The van der Waals surface area contributed by atoms with Crippen molar-refractivity contribution in [1.82, 2.24) is 19.5 Å². The van der Waals surface area contributed by atoms with Gasteiger partial charge in [-0.3, -0.25) is 14.3 Å². The number of hydrogen-bond acceptors (Lipinski definition) is 8. The predicted molar refractivity (Wildman–Crippen MR) is 65.6 cm³/mol. The standard InChI is InChI=1S/C10H13N5O5/c11-10-13-7-4(8(19)14-10)12-2-15(7)9-6(18)5(17)3(1-16)20-9/h2-3,5-6,9,16-18H,1H2,(H3,11,13,14,19)/t3-,5-,6-,9-/m1/s1/i10+1,11+1,14+1. The molecule has 6 N–H and O–H groups in total. The van der Waals surface area contributed by atoms with Gasteiger partial charge in [-0.15, -0.1) is 0 Å². The van der Waals surface area contributed by atoms with Crippen LogP contribution in [0.2, 0.25) is 0 Å². The van der Waals surface area contributed by atoms with Gasteiger partial charge in [-0.05, 0) is 0 Å². The first kappa shape index (κ1) is 13.0. The average Bonchev–Trinajstić information content (AvgIpc) is 2.93. The molecule has 0 amide bonds. The van der Waals surface area contributed by atoms with Crippen LogP contribution in [0.15, 0.2) is 11.1 Å². The van der Waals surface area contributed by atoms with Gasteiger partial charge in [-0.1, -0.05) is 0 Å². The van der Waals surface area contributed by atoms with Gasteiger partial charge in [0, 0.05) is 0 Å². The van der Waals surface area contributed by atoms with E-state index in [1.165, 1.54) is 10.9 Å². The summed E-state index contributed by atoms with van der Waals surface area (Å²) >= 11 is 0. The van der Waals surface area contributed by atoms with Gasteiger partial charge in [0.05, 0.1) is 12.9 Å². The number of ether oxygens (including phenoxy) is 1. The Morgan fingerprint density at radius 2 is 2.20 bits per heavy atom. The number of nitrogens with two attached hydrogens (primary N) is 1. The maximum Gasteiger partial charge on any atom is 0.280 e. The number of nitrogen functional groups attached to an aromatic ring is 1. The van der Waals surface area contributed by atoms with E-state index in [9.17, 15) is 15.0 Å². The number of nitrogens with one attached hydrogen (secondary N) is 1. The van der Waals surface area contributed by atoms with Crippen LogP contribution in [0.4, 0.5) is 5.95 Å². The highest BCUT2D eigenvalue weighted by Gasteiger charge is 2.44. The zero-order valence-electron chi connectivity index (χ0n) is 10.2. The lowest BCUT2D eigenvalue weighted by molar-refractivity contribution is -0.0511. The summed E-state index contributed by atoms with van der Waals surface area (Å²) in [6, 6.07) is 0. The molecule has 2 aromatic heterocycles. The minimum absolute atomic E-state index is 0.0388. The van der Waals surface area contributed by atoms with E-state index < -0.39 is 36.7 Å². The van der Waals surface area contributed by atoms with Crippen LogP contribution >= 0.6 is 0 Å². The van der Waals surface area contributed by atoms with Crippen LogP contribution < -0.4 is 11.3 Å². The Hall–Kier alpha value is -2.01. The van der Waals surface area contributed by atoms with Crippen LogP contribution in [0, 0.1) is 0 Å². The van der Waals surface area contributed by atoms with Crippen LogP contribution in [-0.4, -0.2) is 59.8 Å². The Kier molecular flexibility index (Phi) is 2.94. The number of rotatable bonds is 2. The molecule has 0 radical (unpaired) electrons. The van der Waals surface area contributed by atoms with Gasteiger partial charge in [0.25, 0.3) is 5.56 Å². The molecule has 0 saturated carbocycles. The van der Waals surface area contributed by atoms with Crippen LogP contribution in [0.5, 0.6) is 0 Å². The zero-order valence-corrected chi connectivity index (χ0v) is 10.2. The van der Waals surface area contributed by atoms with Gasteiger partial charge in [0.2, 0.25) is 5.95 Å². The average molecular weight is 286 g/mol. The first-order valence-electron chi connectivity index (χ1n) is 5.87. The van der Waals surface area contributed by atoms with Crippen molar-refractivity contribution in [2.45, 2.75) is 24.5 Å². The third kappa shape index (κ3) is 1.78. The van der Waals surface area contributed by atoms with Crippen LogP contribution in [0.1, 0.15) is 6.23 Å². The summed E-state index contributed by atoms with van der Waals surface area (Å²) in [4.78, 5) is 21.8. The van der Waals surface area contributed by atoms with E-state index in [1.807, 2.05) is 0 Å². The SMILES string of the molecule is [15NH2][13c]1nc2c(ncn2[C@@H]2O[C@H](CO)[C@@H](O)[C@H]2O)c(=O)[15nH]1. The summed E-state index contributed by atoms with van der Waals surface area (Å²) in [5.41, 5.74) is 5.12. The third-order valence-corrected chi connectivity index (χ3v) is 3.24. The van der Waals surface area contributed by atoms with Crippen molar-refractivity contribution in [2.24, 2.45) is 0 Å². The highest BCUT2D eigenvalue weighted by molar-refractivity contribution is 5.70. The van der Waals surface area contributed by atoms with Gasteiger partial charge in [0.15, 0.2) is 17.4 Å². The summed E-state index contributed by atoms with van der Waals surface area (Å²) in [5, 5.41) is 28.7. The number of fused-ring (bicyclic) bond motifs is 1. The number of nitrogens with zero attached hydrogens (tertiary/aromatic N) is 3. The fraction of sp³-hybridized carbons (Fsp3) is 0.500. The normalized spacial score (nSPS) is 30.1. The Labute approximate surface area is 111 Å². The van der Waals surface area contributed by atoms with Crippen molar-refractivity contribution in [3.63, 3.8) is 0 Å². The second kappa shape index (κ2) is 4.52. The number of aromatic nitrogens is 4. The van der Waals surface area contributed by atoms with Crippen LogP contribution in [-0.2, 0) is 4.74 Å². The minimum Gasteiger partial charge on any atom is -0.394 e. The topological polar surface area (TPSA) is 160 Å². The molecule has 10 heteroatoms. The number of H-pyrrole nitrogens is 1. The summed E-state index contributed by atoms with van der Waals surface area (Å²) in [7, 11) is 0. The molecule has 20 heavy (non-hydrogen) atoms. The van der Waals surface area contributed by atoms with Crippen molar-refractivity contribution in [3.05, 3.63) is 16.7 Å². The molecule has 0 aromatic carbocycles. The second-order valence-corrected chi connectivity index (χ2v) is 4.50. The number of hydrogen-bond donors (Lipinski definition) is 5. The van der Waals surface area contributed by atoms with E-state index in [1.54, 1.807) is 0 Å². The molecule has 0 unspecified atom stereocenters. The highest BCUT2D eigenvalue weighted by atomic mass is 16.6. The number of imidazole rings is 1. The monoisotopic (exact) mass is 286 g/mol. The molecule has 1 saturated heterocycles. The van der Waals surface area contributed by atoms with Crippen molar-refractivity contribution in [2.75, 3.05) is 12.3 Å². The molecule has 1 fully saturated rings. The maximum atomic E-state index is 11.7. The molecule has 1 aliphatic rings. The Bertz CT molecular complexity index is 697. The summed E-state index contributed by atoms with van der Waals surface area (Å²) in [6.07, 6.45) is -3.21. The zero-order chi connectivity index (χ0) is 14.4. The number of aromatic amines is 1. The Morgan fingerprint density at radius 1 is 1.45 bits per heavy atom. The number of aliphatic hydroxyl groups is 3. The predicted octanol–water partition coefficient (Wildman–Crippen LogP) is -2.69. The Morgan fingerprint density at radius 3 is 2.85 bits per heavy atom. The maximum absolute atomic E-state index is 11.7.